The minimum Gasteiger partial charge on any atom is -0.494 e. The van der Waals surface area contributed by atoms with Crippen LogP contribution in [0.3, 0.4) is 0 Å². The molecule has 20 heavy (non-hydrogen) atoms. The van der Waals surface area contributed by atoms with Gasteiger partial charge in [0.2, 0.25) is 5.91 Å². The number of carbonyl (C=O) groups excluding carboxylic acids is 1. The molecule has 1 aromatic carbocycles. The second-order valence-electron chi connectivity index (χ2n) is 4.73. The summed E-state index contributed by atoms with van der Waals surface area (Å²) in [6, 6.07) is 5.71. The molecule has 2 unspecified atom stereocenters. The van der Waals surface area contributed by atoms with Crippen LogP contribution >= 0.6 is 0 Å². The van der Waals surface area contributed by atoms with E-state index in [2.05, 4.69) is 5.32 Å². The molecule has 1 fully saturated rings. The van der Waals surface area contributed by atoms with Crippen molar-refractivity contribution < 1.29 is 23.8 Å². The summed E-state index contributed by atoms with van der Waals surface area (Å²) in [5.74, 6) is -1.77. The molecular weight excluding hydrogens is 265 g/mol. The number of rotatable bonds is 7. The van der Waals surface area contributed by atoms with Gasteiger partial charge < -0.3 is 15.2 Å². The van der Waals surface area contributed by atoms with Crippen LogP contribution in [0.15, 0.2) is 24.3 Å². The maximum atomic E-state index is 12.6. The van der Waals surface area contributed by atoms with Gasteiger partial charge in [-0.2, -0.15) is 0 Å². The molecule has 1 aliphatic carbocycles. The van der Waals surface area contributed by atoms with Crippen molar-refractivity contribution in [1.82, 2.24) is 5.32 Å². The van der Waals surface area contributed by atoms with E-state index in [9.17, 15) is 14.0 Å². The van der Waals surface area contributed by atoms with Gasteiger partial charge in [0, 0.05) is 6.54 Å². The zero-order chi connectivity index (χ0) is 14.5. The van der Waals surface area contributed by atoms with Gasteiger partial charge in [0.05, 0.1) is 18.4 Å². The molecule has 0 saturated heterocycles. The highest BCUT2D eigenvalue weighted by Gasteiger charge is 2.48. The Bertz CT molecular complexity index is 488. The van der Waals surface area contributed by atoms with Crippen LogP contribution in [-0.2, 0) is 9.59 Å². The standard InChI is InChI=1S/C14H16FNO4/c15-9-2-4-10(5-3-9)20-7-1-6-16-13(17)11-8-12(11)14(18)19/h2-5,11-12H,1,6-8H2,(H,16,17)(H,18,19). The summed E-state index contributed by atoms with van der Waals surface area (Å²) < 4.78 is 18.0. The molecule has 0 heterocycles. The molecule has 2 rings (SSSR count). The Kier molecular flexibility index (Phi) is 4.55. The quantitative estimate of drug-likeness (QED) is 0.741. The molecule has 6 heteroatoms. The van der Waals surface area contributed by atoms with Gasteiger partial charge >= 0.3 is 5.97 Å². The average molecular weight is 281 g/mol. The molecule has 0 aromatic heterocycles. The van der Waals surface area contributed by atoms with Crippen LogP contribution in [0.25, 0.3) is 0 Å². The van der Waals surface area contributed by atoms with Gasteiger partial charge in [-0.05, 0) is 37.1 Å². The minimum atomic E-state index is -0.912. The number of aliphatic carboxylic acids is 1. The number of carboxylic acid groups (broad SMARTS) is 1. The first-order chi connectivity index (χ1) is 9.58. The summed E-state index contributed by atoms with van der Waals surface area (Å²) >= 11 is 0. The summed E-state index contributed by atoms with van der Waals surface area (Å²) in [4.78, 5) is 22.1. The number of carbonyl (C=O) groups is 2. The highest BCUT2D eigenvalue weighted by Crippen LogP contribution is 2.38. The summed E-state index contributed by atoms with van der Waals surface area (Å²) in [6.45, 7) is 0.835. The minimum absolute atomic E-state index is 0.209. The molecular formula is C14H16FNO4. The highest BCUT2D eigenvalue weighted by molar-refractivity contribution is 5.89. The second-order valence-corrected chi connectivity index (χ2v) is 4.73. The first-order valence-electron chi connectivity index (χ1n) is 6.47. The smallest absolute Gasteiger partial charge is 0.307 e. The van der Waals surface area contributed by atoms with Crippen LogP contribution in [0.2, 0.25) is 0 Å². The van der Waals surface area contributed by atoms with Gasteiger partial charge in [-0.25, -0.2) is 4.39 Å². The Hall–Kier alpha value is -2.11. The van der Waals surface area contributed by atoms with E-state index in [-0.39, 0.29) is 17.6 Å². The van der Waals surface area contributed by atoms with Crippen molar-refractivity contribution in [1.29, 1.82) is 0 Å². The number of ether oxygens (including phenoxy) is 1. The van der Waals surface area contributed by atoms with Crippen molar-refractivity contribution in [2.45, 2.75) is 12.8 Å². The fraction of sp³-hybridized carbons (Fsp3) is 0.429. The number of amides is 1. The zero-order valence-electron chi connectivity index (χ0n) is 10.8. The fourth-order valence-corrected chi connectivity index (χ4v) is 1.89. The van der Waals surface area contributed by atoms with Gasteiger partial charge in [-0.1, -0.05) is 0 Å². The van der Waals surface area contributed by atoms with Gasteiger partial charge in [-0.3, -0.25) is 9.59 Å². The third-order valence-corrected chi connectivity index (χ3v) is 3.15. The lowest BCUT2D eigenvalue weighted by molar-refractivity contribution is -0.140. The van der Waals surface area contributed by atoms with Crippen molar-refractivity contribution in [3.63, 3.8) is 0 Å². The molecule has 108 valence electrons. The van der Waals surface area contributed by atoms with Gasteiger partial charge in [0.25, 0.3) is 0 Å². The Labute approximate surface area is 115 Å². The van der Waals surface area contributed by atoms with Crippen LogP contribution in [0.4, 0.5) is 4.39 Å². The van der Waals surface area contributed by atoms with Gasteiger partial charge in [0.1, 0.15) is 11.6 Å². The van der Waals surface area contributed by atoms with E-state index in [1.807, 2.05) is 0 Å². The van der Waals surface area contributed by atoms with Crippen LogP contribution in [0.5, 0.6) is 5.75 Å². The summed E-state index contributed by atoms with van der Waals surface area (Å²) in [5.41, 5.74) is 0. The average Bonchev–Trinajstić information content (AvgIpc) is 3.21. The third kappa shape index (κ3) is 3.94. The Morgan fingerprint density at radius 1 is 1.30 bits per heavy atom. The third-order valence-electron chi connectivity index (χ3n) is 3.15. The molecule has 1 aromatic rings. The lowest BCUT2D eigenvalue weighted by Crippen LogP contribution is -2.28. The van der Waals surface area contributed by atoms with E-state index >= 15 is 0 Å². The monoisotopic (exact) mass is 281 g/mol. The van der Waals surface area contributed by atoms with Crippen molar-refractivity contribution in [2.75, 3.05) is 13.2 Å². The van der Waals surface area contributed by atoms with Crippen LogP contribution in [0.1, 0.15) is 12.8 Å². The Balaban J connectivity index is 1.57. The fourth-order valence-electron chi connectivity index (χ4n) is 1.89. The topological polar surface area (TPSA) is 75.6 Å². The van der Waals surface area contributed by atoms with Crippen molar-refractivity contribution in [3.05, 3.63) is 30.1 Å². The molecule has 2 N–H and O–H groups in total. The normalized spacial score (nSPS) is 20.2. The highest BCUT2D eigenvalue weighted by atomic mass is 19.1. The van der Waals surface area contributed by atoms with E-state index in [1.165, 1.54) is 24.3 Å². The Morgan fingerprint density at radius 3 is 2.60 bits per heavy atom. The largest absolute Gasteiger partial charge is 0.494 e. The number of hydrogen-bond donors (Lipinski definition) is 2. The maximum absolute atomic E-state index is 12.6. The maximum Gasteiger partial charge on any atom is 0.307 e. The van der Waals surface area contributed by atoms with E-state index in [0.717, 1.165) is 0 Å². The van der Waals surface area contributed by atoms with E-state index < -0.39 is 11.9 Å². The number of benzene rings is 1. The first kappa shape index (κ1) is 14.3. The number of carboxylic acids is 1. The molecule has 5 nitrogen and oxygen atoms in total. The summed E-state index contributed by atoms with van der Waals surface area (Å²) in [5, 5.41) is 11.4. The molecule has 0 aliphatic heterocycles. The summed E-state index contributed by atoms with van der Waals surface area (Å²) in [7, 11) is 0. The molecule has 0 radical (unpaired) electrons. The van der Waals surface area contributed by atoms with Crippen LogP contribution in [0, 0.1) is 17.7 Å². The zero-order valence-corrected chi connectivity index (χ0v) is 10.8. The van der Waals surface area contributed by atoms with Crippen molar-refractivity contribution in [2.24, 2.45) is 11.8 Å². The molecule has 1 saturated carbocycles. The SMILES string of the molecule is O=C(O)C1CC1C(=O)NCCCOc1ccc(F)cc1. The van der Waals surface area contributed by atoms with Crippen LogP contribution in [-0.4, -0.2) is 30.1 Å². The molecule has 2 atom stereocenters. The molecule has 0 spiro atoms. The van der Waals surface area contributed by atoms with Crippen molar-refractivity contribution in [3.8, 4) is 5.75 Å². The molecule has 0 bridgehead atoms. The Morgan fingerprint density at radius 2 is 2.00 bits per heavy atom. The lowest BCUT2D eigenvalue weighted by atomic mass is 10.3. The second kappa shape index (κ2) is 6.36. The van der Waals surface area contributed by atoms with Crippen molar-refractivity contribution >= 4 is 11.9 Å². The van der Waals surface area contributed by atoms with E-state index in [0.29, 0.717) is 31.7 Å². The lowest BCUT2D eigenvalue weighted by Gasteiger charge is -2.07. The van der Waals surface area contributed by atoms with Gasteiger partial charge in [-0.15, -0.1) is 0 Å². The summed E-state index contributed by atoms with van der Waals surface area (Å²) in [6.07, 6.45) is 1.03. The van der Waals surface area contributed by atoms with E-state index in [4.69, 9.17) is 9.84 Å². The number of halogens is 1. The predicted molar refractivity (Wildman–Crippen MR) is 68.8 cm³/mol. The predicted octanol–water partition coefficient (Wildman–Crippen LogP) is 1.43. The van der Waals surface area contributed by atoms with Crippen LogP contribution < -0.4 is 10.1 Å². The van der Waals surface area contributed by atoms with Gasteiger partial charge in [0.15, 0.2) is 0 Å². The first-order valence-corrected chi connectivity index (χ1v) is 6.47. The molecule has 1 aliphatic rings. The number of nitrogens with one attached hydrogen (secondary N) is 1. The number of hydrogen-bond acceptors (Lipinski definition) is 3. The van der Waals surface area contributed by atoms with E-state index in [1.54, 1.807) is 0 Å². The molecule has 1 amide bonds.